The second-order valence-corrected chi connectivity index (χ2v) is 23.3. The largest absolute Gasteiger partial charge is 2.00 e. The Balaban J connectivity index is 0.000000369. The maximum Gasteiger partial charge on any atom is 2.00 e. The molecule has 1 radical (unpaired) electrons. The molecule has 19 heteroatoms. The molecule has 509 valence electrons. The summed E-state index contributed by atoms with van der Waals surface area (Å²) < 4.78 is 118. The van der Waals surface area contributed by atoms with Gasteiger partial charge in [0.2, 0.25) is 0 Å². The summed E-state index contributed by atoms with van der Waals surface area (Å²) in [5.41, 5.74) is 9.45. The van der Waals surface area contributed by atoms with Crippen LogP contribution in [0.15, 0.2) is 316 Å². The minimum atomic E-state index is -6.09. The van der Waals surface area contributed by atoms with E-state index < -0.39 is 31.3 Å². The fourth-order valence-corrected chi connectivity index (χ4v) is 7.35. The van der Waals surface area contributed by atoms with Gasteiger partial charge < -0.3 is 9.11 Å². The Hall–Kier alpha value is -9.72. The van der Waals surface area contributed by atoms with E-state index in [1.807, 2.05) is 171 Å². The van der Waals surface area contributed by atoms with Gasteiger partial charge >= 0.3 is 28.1 Å². The zero-order chi connectivity index (χ0) is 70.8. The number of alkyl halides is 6. The first-order chi connectivity index (χ1) is 45.6. The molecule has 10 nitrogen and oxygen atoms in total. The Morgan fingerprint density at radius 3 is 0.433 bits per heavy atom. The molecule has 8 aromatic carbocycles. The summed E-state index contributed by atoms with van der Waals surface area (Å²) in [5, 5.41) is 0. The SMILES string of the molecule is Cc1ccccc1C.Cc1ccccc1C.Cc1ccccc1C.Cc1ccccc1C.O=S(=O)([O-])C(F)(F)F.O=S(=O)([O-])C(F)(F)F.[Cu+2].c1ccc(-c2ccncc2)cc1.c1ccc(-c2ccncc2)cc1.c1ccc(-c2ccncc2)cc1.c1ccc(-c2ccncc2)cc1. The maximum atomic E-state index is 10.7. The number of rotatable bonds is 4. The zero-order valence-corrected chi connectivity index (χ0v) is 57.2. The van der Waals surface area contributed by atoms with Crippen LogP contribution in [0.4, 0.5) is 26.3 Å². The molecule has 0 unspecified atom stereocenters. The van der Waals surface area contributed by atoms with Crippen LogP contribution in [0, 0.1) is 55.4 Å². The van der Waals surface area contributed by atoms with Crippen molar-refractivity contribution in [2.24, 2.45) is 0 Å². The molecule has 0 aliphatic heterocycles. The summed E-state index contributed by atoms with van der Waals surface area (Å²) in [7, 11) is -12.2. The number of pyridine rings is 4. The number of benzene rings is 8. The first-order valence-corrected chi connectivity index (χ1v) is 32.4. The van der Waals surface area contributed by atoms with Crippen LogP contribution in [0.3, 0.4) is 0 Å². The fourth-order valence-electron chi connectivity index (χ4n) is 7.35. The Morgan fingerprint density at radius 1 is 0.227 bits per heavy atom. The number of aryl methyl sites for hydroxylation is 8. The van der Waals surface area contributed by atoms with Crippen LogP contribution in [0.25, 0.3) is 44.5 Å². The molecule has 0 aliphatic carbocycles. The summed E-state index contributed by atoms with van der Waals surface area (Å²) in [6.07, 6.45) is 14.5. The van der Waals surface area contributed by atoms with E-state index in [2.05, 4.69) is 221 Å². The van der Waals surface area contributed by atoms with Gasteiger partial charge in [0.15, 0.2) is 20.2 Å². The summed E-state index contributed by atoms with van der Waals surface area (Å²) in [5.74, 6) is 0. The van der Waals surface area contributed by atoms with Gasteiger partial charge in [-0.1, -0.05) is 218 Å². The van der Waals surface area contributed by atoms with E-state index in [-0.39, 0.29) is 17.1 Å². The van der Waals surface area contributed by atoms with E-state index in [1.54, 1.807) is 0 Å². The van der Waals surface area contributed by atoms with Crippen molar-refractivity contribution in [1.29, 1.82) is 0 Å². The second kappa shape index (κ2) is 44.9. The number of hydrogen-bond donors (Lipinski definition) is 0. The number of aromatic nitrogens is 4. The van der Waals surface area contributed by atoms with Crippen LogP contribution in [-0.2, 0) is 37.3 Å². The van der Waals surface area contributed by atoms with Gasteiger partial charge in [0.1, 0.15) is 0 Å². The van der Waals surface area contributed by atoms with E-state index >= 15 is 0 Å². The predicted molar refractivity (Wildman–Crippen MR) is 374 cm³/mol. The molecular weight excluding hydrogens is 1330 g/mol. The molecule has 0 saturated heterocycles. The van der Waals surface area contributed by atoms with Gasteiger partial charge in [0.25, 0.3) is 0 Å². The van der Waals surface area contributed by atoms with Gasteiger partial charge in [-0.25, -0.2) is 16.8 Å². The molecule has 0 spiro atoms. The third-order valence-corrected chi connectivity index (χ3v) is 14.6. The van der Waals surface area contributed by atoms with Gasteiger partial charge in [-0.2, -0.15) is 26.3 Å². The fraction of sp³-hybridized carbons (Fsp3) is 0.128. The van der Waals surface area contributed by atoms with Gasteiger partial charge in [0.05, 0.1) is 0 Å². The first kappa shape index (κ1) is 83.4. The van der Waals surface area contributed by atoms with Crippen molar-refractivity contribution in [3.8, 4) is 44.5 Å². The Labute approximate surface area is 577 Å². The Bertz CT molecular complexity index is 3530. The first-order valence-electron chi connectivity index (χ1n) is 29.5. The van der Waals surface area contributed by atoms with Crippen molar-refractivity contribution in [1.82, 2.24) is 19.9 Å². The van der Waals surface area contributed by atoms with Gasteiger partial charge in [-0.3, -0.25) is 19.9 Å². The van der Waals surface area contributed by atoms with E-state index in [9.17, 15) is 26.3 Å². The molecule has 0 aliphatic rings. The minimum absolute atomic E-state index is 0. The molecule has 0 N–H and O–H groups in total. The zero-order valence-electron chi connectivity index (χ0n) is 54.6. The smallest absolute Gasteiger partial charge is 0.741 e. The van der Waals surface area contributed by atoms with E-state index in [0.29, 0.717) is 0 Å². The molecule has 0 saturated carbocycles. The average Bonchev–Trinajstić information content (AvgIpc) is 1.54. The molecule has 0 atom stereocenters. The summed E-state index contributed by atoms with van der Waals surface area (Å²) in [6.45, 7) is 17.0. The monoisotopic (exact) mass is 1410 g/mol. The third kappa shape index (κ3) is 35.0. The molecule has 0 fully saturated rings. The van der Waals surface area contributed by atoms with Crippen LogP contribution in [0.1, 0.15) is 44.5 Å². The summed E-state index contributed by atoms with van der Waals surface area (Å²) in [6, 6.07) is 90.6. The van der Waals surface area contributed by atoms with Crippen molar-refractivity contribution in [3.63, 3.8) is 0 Å². The van der Waals surface area contributed by atoms with E-state index in [0.717, 1.165) is 0 Å². The standard InChI is InChI=1S/4C11H9N.4C8H10.2CHF3O3S.Cu/c4*1-2-4-10(5-3-1)11-6-8-12-9-7-11;4*1-7-5-3-4-6-8(7)2;2*2-1(3,4)8(5,6)7;/h4*1-9H;4*3-6H,1-2H3;2*(H,5,6,7);/q;;;;;;;;;;+2/p-2. The van der Waals surface area contributed by atoms with Crippen molar-refractivity contribution >= 4 is 20.2 Å². The molecule has 12 aromatic rings. The van der Waals surface area contributed by atoms with E-state index in [4.69, 9.17) is 25.9 Å². The van der Waals surface area contributed by atoms with Crippen molar-refractivity contribution in [3.05, 3.63) is 361 Å². The molecule has 4 aromatic heterocycles. The van der Waals surface area contributed by atoms with Crippen molar-refractivity contribution < 1.29 is 69.4 Å². The minimum Gasteiger partial charge on any atom is -0.741 e. The predicted octanol–water partition coefficient (Wildman–Crippen LogP) is 20.3. The Kier molecular flexibility index (Phi) is 38.5. The maximum absolute atomic E-state index is 10.7. The van der Waals surface area contributed by atoms with Crippen LogP contribution < -0.4 is 0 Å². The number of hydrogen-bond acceptors (Lipinski definition) is 10. The number of halogens is 6. The average molecular weight is 1410 g/mol. The van der Waals surface area contributed by atoms with E-state index in [1.165, 1.54) is 89.0 Å². The molecule has 12 rings (SSSR count). The summed E-state index contributed by atoms with van der Waals surface area (Å²) in [4.78, 5) is 15.9. The van der Waals surface area contributed by atoms with Crippen LogP contribution in [-0.4, -0.2) is 56.9 Å². The normalized spacial score (nSPS) is 10.1. The molecule has 0 amide bonds. The summed E-state index contributed by atoms with van der Waals surface area (Å²) >= 11 is 0. The van der Waals surface area contributed by atoms with Gasteiger partial charge in [-0.15, -0.1) is 0 Å². The van der Waals surface area contributed by atoms with Crippen molar-refractivity contribution in [2.75, 3.05) is 0 Å². The van der Waals surface area contributed by atoms with Crippen LogP contribution >= 0.6 is 0 Å². The van der Waals surface area contributed by atoms with Gasteiger partial charge in [-0.05, 0) is 193 Å². The van der Waals surface area contributed by atoms with Crippen LogP contribution in [0.2, 0.25) is 0 Å². The van der Waals surface area contributed by atoms with Crippen molar-refractivity contribution in [2.45, 2.75) is 66.4 Å². The second-order valence-electron chi connectivity index (χ2n) is 20.5. The quantitative estimate of drug-likeness (QED) is 0.0716. The topological polar surface area (TPSA) is 166 Å². The Morgan fingerprint density at radius 2 is 0.330 bits per heavy atom. The molecule has 4 heterocycles. The molecular formula is C78H76CuF6N4O6S2. The van der Waals surface area contributed by atoms with Crippen LogP contribution in [0.5, 0.6) is 0 Å². The van der Waals surface area contributed by atoms with Gasteiger partial charge in [0, 0.05) is 49.6 Å². The number of nitrogens with zero attached hydrogens (tertiary/aromatic N) is 4. The molecule has 97 heavy (non-hydrogen) atoms. The third-order valence-electron chi connectivity index (χ3n) is 13.4. The molecule has 0 bridgehead atoms.